The average Bonchev–Trinajstić information content (AvgIpc) is 2.25. The summed E-state index contributed by atoms with van der Waals surface area (Å²) in [5.74, 6) is 0.326. The van der Waals surface area contributed by atoms with Crippen LogP contribution in [0.25, 0.3) is 0 Å². The second-order valence-electron chi connectivity index (χ2n) is 2.50. The Morgan fingerprint density at radius 3 is 2.75 bits per heavy atom. The minimum absolute atomic E-state index is 0.0886. The number of nitrogen functional groups attached to an aromatic ring is 1. The second kappa shape index (κ2) is 5.61. The van der Waals surface area contributed by atoms with E-state index in [1.54, 1.807) is 6.26 Å². The summed E-state index contributed by atoms with van der Waals surface area (Å²) in [6, 6.07) is 0. The number of hydrogen-bond acceptors (Lipinski definition) is 7. The first-order valence-corrected chi connectivity index (χ1v) is 5.65. The molecule has 16 heavy (non-hydrogen) atoms. The van der Waals surface area contributed by atoms with Crippen LogP contribution in [0.4, 0.5) is 16.6 Å². The predicted molar refractivity (Wildman–Crippen MR) is 62.4 cm³/mol. The third-order valence-electron chi connectivity index (χ3n) is 1.52. The van der Waals surface area contributed by atoms with Crippen molar-refractivity contribution in [1.82, 2.24) is 15.4 Å². The van der Waals surface area contributed by atoms with Gasteiger partial charge in [-0.2, -0.15) is 9.97 Å². The molecule has 4 N–H and O–H groups in total. The molecule has 7 nitrogen and oxygen atoms in total. The van der Waals surface area contributed by atoms with E-state index in [0.717, 1.165) is 0 Å². The predicted octanol–water partition coefficient (Wildman–Crippen LogP) is 1.12. The van der Waals surface area contributed by atoms with Crippen LogP contribution in [-0.2, 0) is 4.74 Å². The largest absolute Gasteiger partial charge is 0.452 e. The molecular weight excluding hydrogens is 254 g/mol. The number of hydrazine groups is 1. The van der Waals surface area contributed by atoms with Crippen molar-refractivity contribution in [2.75, 3.05) is 24.5 Å². The Bertz CT molecular complexity index is 379. The summed E-state index contributed by atoms with van der Waals surface area (Å²) in [5, 5.41) is 0.217. The Kier molecular flexibility index (Phi) is 4.44. The fourth-order valence-electron chi connectivity index (χ4n) is 0.842. The Hall–Kier alpha value is -1.41. The number of anilines is 2. The summed E-state index contributed by atoms with van der Waals surface area (Å²) in [6.07, 6.45) is 1.13. The lowest BCUT2D eigenvalue weighted by molar-refractivity contribution is 0.173. The standard InChI is InChI=1S/C7H10ClN5O2S/c1-15-7(14)13-12-6-10-4(8)3(16-2)5(9)11-6/h1-2H3,(H,13,14)(H3,9,10,11,12). The van der Waals surface area contributed by atoms with Crippen LogP contribution in [0.15, 0.2) is 4.90 Å². The van der Waals surface area contributed by atoms with Gasteiger partial charge in [0.1, 0.15) is 11.0 Å². The van der Waals surface area contributed by atoms with E-state index in [1.807, 2.05) is 0 Å². The number of thioether (sulfide) groups is 1. The van der Waals surface area contributed by atoms with E-state index in [9.17, 15) is 4.79 Å². The SMILES string of the molecule is COC(=O)NNc1nc(N)c(SC)c(Cl)n1. The maximum absolute atomic E-state index is 10.8. The van der Waals surface area contributed by atoms with E-state index in [0.29, 0.717) is 4.90 Å². The molecule has 0 saturated heterocycles. The fourth-order valence-corrected chi connectivity index (χ4v) is 1.72. The number of carbonyl (C=O) groups excluding carboxylic acids is 1. The number of carbonyl (C=O) groups is 1. The van der Waals surface area contributed by atoms with E-state index in [2.05, 4.69) is 25.6 Å². The van der Waals surface area contributed by atoms with Gasteiger partial charge in [0.2, 0.25) is 5.95 Å². The average molecular weight is 264 g/mol. The fraction of sp³-hybridized carbons (Fsp3) is 0.286. The maximum Gasteiger partial charge on any atom is 0.425 e. The van der Waals surface area contributed by atoms with Crippen LogP contribution in [0, 0.1) is 0 Å². The highest BCUT2D eigenvalue weighted by atomic mass is 35.5. The number of halogens is 1. The molecule has 88 valence electrons. The van der Waals surface area contributed by atoms with Crippen molar-refractivity contribution in [3.05, 3.63) is 5.15 Å². The van der Waals surface area contributed by atoms with Gasteiger partial charge in [-0.05, 0) is 6.26 Å². The quantitative estimate of drug-likeness (QED) is 0.427. The highest BCUT2D eigenvalue weighted by Crippen LogP contribution is 2.28. The van der Waals surface area contributed by atoms with Crippen LogP contribution in [0.3, 0.4) is 0 Å². The number of amides is 1. The van der Waals surface area contributed by atoms with Crippen LogP contribution in [0.5, 0.6) is 0 Å². The number of nitrogens with one attached hydrogen (secondary N) is 2. The second-order valence-corrected chi connectivity index (χ2v) is 3.67. The molecule has 0 aromatic carbocycles. The van der Waals surface area contributed by atoms with Gasteiger partial charge in [0.25, 0.3) is 0 Å². The zero-order valence-corrected chi connectivity index (χ0v) is 10.1. The summed E-state index contributed by atoms with van der Waals surface area (Å²) in [7, 11) is 1.23. The summed E-state index contributed by atoms with van der Waals surface area (Å²) in [6.45, 7) is 0. The van der Waals surface area contributed by atoms with E-state index >= 15 is 0 Å². The summed E-state index contributed by atoms with van der Waals surface area (Å²) >= 11 is 7.19. The van der Waals surface area contributed by atoms with Gasteiger partial charge in [-0.3, -0.25) is 5.43 Å². The monoisotopic (exact) mass is 263 g/mol. The van der Waals surface area contributed by atoms with Gasteiger partial charge in [0.15, 0.2) is 0 Å². The smallest absolute Gasteiger partial charge is 0.425 e. The normalized spacial score (nSPS) is 9.69. The minimum Gasteiger partial charge on any atom is -0.452 e. The Balaban J connectivity index is 2.79. The zero-order chi connectivity index (χ0) is 12.1. The zero-order valence-electron chi connectivity index (χ0n) is 8.57. The van der Waals surface area contributed by atoms with Crippen LogP contribution in [0.2, 0.25) is 5.15 Å². The van der Waals surface area contributed by atoms with E-state index < -0.39 is 6.09 Å². The highest BCUT2D eigenvalue weighted by Gasteiger charge is 2.10. The first-order valence-electron chi connectivity index (χ1n) is 4.05. The Labute approximate surface area is 101 Å². The summed E-state index contributed by atoms with van der Waals surface area (Å²) < 4.78 is 4.34. The van der Waals surface area contributed by atoms with Crippen molar-refractivity contribution >= 4 is 41.2 Å². The van der Waals surface area contributed by atoms with E-state index in [4.69, 9.17) is 17.3 Å². The number of ether oxygens (including phenoxy) is 1. The molecule has 0 aliphatic carbocycles. The molecule has 0 unspecified atom stereocenters. The van der Waals surface area contributed by atoms with Crippen LogP contribution in [0.1, 0.15) is 0 Å². The number of nitrogens with zero attached hydrogens (tertiary/aromatic N) is 2. The highest BCUT2D eigenvalue weighted by molar-refractivity contribution is 7.98. The van der Waals surface area contributed by atoms with Crippen molar-refractivity contribution < 1.29 is 9.53 Å². The first kappa shape index (κ1) is 12.7. The van der Waals surface area contributed by atoms with Gasteiger partial charge in [-0.1, -0.05) is 11.6 Å². The van der Waals surface area contributed by atoms with Crippen LogP contribution in [-0.4, -0.2) is 29.4 Å². The van der Waals surface area contributed by atoms with E-state index in [1.165, 1.54) is 18.9 Å². The third-order valence-corrected chi connectivity index (χ3v) is 2.71. The molecule has 1 aromatic heterocycles. The Morgan fingerprint density at radius 2 is 2.25 bits per heavy atom. The summed E-state index contributed by atoms with van der Waals surface area (Å²) in [5.41, 5.74) is 10.2. The molecule has 0 aliphatic rings. The van der Waals surface area contributed by atoms with Gasteiger partial charge < -0.3 is 10.5 Å². The van der Waals surface area contributed by atoms with Gasteiger partial charge in [-0.25, -0.2) is 10.2 Å². The molecule has 0 saturated carbocycles. The molecule has 0 aliphatic heterocycles. The molecule has 0 radical (unpaired) electrons. The molecule has 0 spiro atoms. The maximum atomic E-state index is 10.8. The lowest BCUT2D eigenvalue weighted by Crippen LogP contribution is -2.30. The molecule has 9 heteroatoms. The minimum atomic E-state index is -0.674. The molecule has 1 amide bonds. The lowest BCUT2D eigenvalue weighted by Gasteiger charge is -2.08. The first-order chi connectivity index (χ1) is 7.58. The Morgan fingerprint density at radius 1 is 1.56 bits per heavy atom. The topological polar surface area (TPSA) is 102 Å². The molecule has 0 atom stereocenters. The van der Waals surface area contributed by atoms with Crippen molar-refractivity contribution in [2.45, 2.75) is 4.90 Å². The van der Waals surface area contributed by atoms with Crippen molar-refractivity contribution in [2.24, 2.45) is 0 Å². The lowest BCUT2D eigenvalue weighted by atomic mass is 10.6. The molecule has 1 rings (SSSR count). The van der Waals surface area contributed by atoms with Gasteiger partial charge in [0, 0.05) is 0 Å². The van der Waals surface area contributed by atoms with Crippen molar-refractivity contribution in [3.63, 3.8) is 0 Å². The van der Waals surface area contributed by atoms with Crippen molar-refractivity contribution in [3.8, 4) is 0 Å². The van der Waals surface area contributed by atoms with Crippen LogP contribution < -0.4 is 16.6 Å². The van der Waals surface area contributed by atoms with Gasteiger partial charge in [0.05, 0.1) is 12.0 Å². The molecule has 0 bridgehead atoms. The number of hydrogen-bond donors (Lipinski definition) is 3. The van der Waals surface area contributed by atoms with Gasteiger partial charge >= 0.3 is 6.09 Å². The van der Waals surface area contributed by atoms with Gasteiger partial charge in [-0.15, -0.1) is 11.8 Å². The molecule has 1 heterocycles. The van der Waals surface area contributed by atoms with Crippen molar-refractivity contribution in [1.29, 1.82) is 0 Å². The number of rotatable bonds is 3. The molecule has 0 fully saturated rings. The third kappa shape index (κ3) is 3.04. The number of nitrogens with two attached hydrogens (primary N) is 1. The van der Waals surface area contributed by atoms with Crippen LogP contribution >= 0.6 is 23.4 Å². The molecular formula is C7H10ClN5O2S. The van der Waals surface area contributed by atoms with E-state index in [-0.39, 0.29) is 16.9 Å². The number of aromatic nitrogens is 2. The summed E-state index contributed by atoms with van der Waals surface area (Å²) in [4.78, 5) is 19.1. The molecule has 1 aromatic rings. The number of methoxy groups -OCH3 is 1.